The highest BCUT2D eigenvalue weighted by Gasteiger charge is 2.20. The van der Waals surface area contributed by atoms with Crippen LogP contribution in [0.25, 0.3) is 0 Å². The van der Waals surface area contributed by atoms with Gasteiger partial charge in [-0.05, 0) is 12.8 Å². The maximum Gasteiger partial charge on any atom is 0.317 e. The van der Waals surface area contributed by atoms with Crippen molar-refractivity contribution in [3.63, 3.8) is 0 Å². The molecule has 0 spiro atoms. The molecule has 0 rings (SSSR count). The molecule has 0 fully saturated rings. The third-order valence-electron chi connectivity index (χ3n) is 1.66. The fourth-order valence-corrected chi connectivity index (χ4v) is 1.75. The van der Waals surface area contributed by atoms with Crippen molar-refractivity contribution in [1.82, 2.24) is 0 Å². The second-order valence-corrected chi connectivity index (χ2v) is 4.28. The number of carboxylic acid groups (broad SMARTS) is 1. The molecule has 0 aromatic carbocycles. The molecule has 1 atom stereocenters. The summed E-state index contributed by atoms with van der Waals surface area (Å²) >= 11 is 0.776. The predicted molar refractivity (Wildman–Crippen MR) is 55.6 cm³/mol. The van der Waals surface area contributed by atoms with Gasteiger partial charge in [0, 0.05) is 13.3 Å². The van der Waals surface area contributed by atoms with Crippen LogP contribution in [0.4, 0.5) is 0 Å². The number of carbonyl (C=O) groups is 3. The van der Waals surface area contributed by atoms with Crippen LogP contribution in [-0.2, 0) is 19.1 Å². The molecule has 0 bridgehead atoms. The van der Waals surface area contributed by atoms with E-state index in [0.29, 0.717) is 6.42 Å². The molecule has 0 aromatic heterocycles. The highest BCUT2D eigenvalue weighted by Crippen LogP contribution is 2.18. The average Bonchev–Trinajstić information content (AvgIpc) is 2.15. The van der Waals surface area contributed by atoms with E-state index in [1.807, 2.05) is 0 Å². The van der Waals surface area contributed by atoms with Crippen LogP contribution in [0.1, 0.15) is 26.2 Å². The van der Waals surface area contributed by atoms with Gasteiger partial charge in [-0.25, -0.2) is 0 Å². The number of hydrogen-bond donors (Lipinski definition) is 1. The zero-order valence-corrected chi connectivity index (χ0v) is 9.50. The van der Waals surface area contributed by atoms with Crippen molar-refractivity contribution < 1.29 is 24.2 Å². The van der Waals surface area contributed by atoms with E-state index in [2.05, 4.69) is 4.74 Å². The van der Waals surface area contributed by atoms with Crippen LogP contribution in [0.5, 0.6) is 0 Å². The lowest BCUT2D eigenvalue weighted by atomic mass is 10.2. The van der Waals surface area contributed by atoms with Gasteiger partial charge >= 0.3 is 11.9 Å². The molecule has 0 aliphatic heterocycles. The van der Waals surface area contributed by atoms with E-state index in [9.17, 15) is 14.4 Å². The largest absolute Gasteiger partial charge is 0.480 e. The van der Waals surface area contributed by atoms with Crippen molar-refractivity contribution in [1.29, 1.82) is 0 Å². The Bertz CT molecular complexity index is 251. The van der Waals surface area contributed by atoms with E-state index in [1.54, 1.807) is 0 Å². The Morgan fingerprint density at radius 1 is 1.40 bits per heavy atom. The summed E-state index contributed by atoms with van der Waals surface area (Å²) in [7, 11) is 1.28. The number of rotatable bonds is 6. The highest BCUT2D eigenvalue weighted by atomic mass is 32.2. The SMILES string of the molecule is COC(=O)CCCC(SC(C)=O)C(=O)O. The number of carboxylic acids is 1. The van der Waals surface area contributed by atoms with Crippen LogP contribution < -0.4 is 0 Å². The van der Waals surface area contributed by atoms with Gasteiger partial charge in [0.15, 0.2) is 5.12 Å². The van der Waals surface area contributed by atoms with E-state index >= 15 is 0 Å². The summed E-state index contributed by atoms with van der Waals surface area (Å²) in [6, 6.07) is 0. The number of aliphatic carboxylic acids is 1. The first kappa shape index (κ1) is 14.0. The minimum Gasteiger partial charge on any atom is -0.480 e. The van der Waals surface area contributed by atoms with Crippen LogP contribution in [-0.4, -0.2) is 34.5 Å². The van der Waals surface area contributed by atoms with Crippen LogP contribution >= 0.6 is 11.8 Å². The van der Waals surface area contributed by atoms with E-state index < -0.39 is 11.2 Å². The first-order chi connectivity index (χ1) is 6.97. The van der Waals surface area contributed by atoms with Crippen LogP contribution in [0.3, 0.4) is 0 Å². The van der Waals surface area contributed by atoms with Crippen molar-refractivity contribution in [2.45, 2.75) is 31.4 Å². The Morgan fingerprint density at radius 2 is 2.00 bits per heavy atom. The number of ether oxygens (including phenoxy) is 1. The predicted octanol–water partition coefficient (Wildman–Crippen LogP) is 1.06. The van der Waals surface area contributed by atoms with E-state index in [0.717, 1.165) is 11.8 Å². The van der Waals surface area contributed by atoms with Crippen molar-refractivity contribution in [2.24, 2.45) is 0 Å². The molecule has 5 nitrogen and oxygen atoms in total. The van der Waals surface area contributed by atoms with Crippen LogP contribution in [0, 0.1) is 0 Å². The minimum atomic E-state index is -1.03. The van der Waals surface area contributed by atoms with E-state index in [-0.39, 0.29) is 23.9 Å². The summed E-state index contributed by atoms with van der Waals surface area (Å²) in [6.45, 7) is 1.32. The molecule has 1 N–H and O–H groups in total. The van der Waals surface area contributed by atoms with Crippen LogP contribution in [0.2, 0.25) is 0 Å². The third-order valence-corrected chi connectivity index (χ3v) is 2.71. The lowest BCUT2D eigenvalue weighted by Crippen LogP contribution is -2.18. The van der Waals surface area contributed by atoms with Gasteiger partial charge in [-0.3, -0.25) is 14.4 Å². The Labute approximate surface area is 92.2 Å². The summed E-state index contributed by atoms with van der Waals surface area (Å²) in [5.74, 6) is -1.40. The second kappa shape index (κ2) is 7.28. The van der Waals surface area contributed by atoms with Crippen molar-refractivity contribution >= 4 is 28.8 Å². The average molecular weight is 234 g/mol. The molecule has 1 unspecified atom stereocenters. The van der Waals surface area contributed by atoms with E-state index in [4.69, 9.17) is 5.11 Å². The fraction of sp³-hybridized carbons (Fsp3) is 0.667. The molecule has 6 heteroatoms. The molecule has 0 radical (unpaired) electrons. The van der Waals surface area contributed by atoms with Gasteiger partial charge in [0.1, 0.15) is 5.25 Å². The molecular weight excluding hydrogens is 220 g/mol. The Kier molecular flexibility index (Phi) is 6.77. The molecule has 0 aliphatic rings. The van der Waals surface area contributed by atoms with E-state index in [1.165, 1.54) is 14.0 Å². The second-order valence-electron chi connectivity index (χ2n) is 2.90. The smallest absolute Gasteiger partial charge is 0.317 e. The molecule has 0 saturated heterocycles. The molecule has 0 aromatic rings. The zero-order chi connectivity index (χ0) is 11.8. The minimum absolute atomic E-state index is 0.179. The van der Waals surface area contributed by atoms with Gasteiger partial charge in [-0.2, -0.15) is 0 Å². The number of thioether (sulfide) groups is 1. The Morgan fingerprint density at radius 3 is 2.40 bits per heavy atom. The van der Waals surface area contributed by atoms with Gasteiger partial charge in [-0.15, -0.1) is 0 Å². The summed E-state index contributed by atoms with van der Waals surface area (Å²) < 4.78 is 4.41. The monoisotopic (exact) mass is 234 g/mol. The van der Waals surface area contributed by atoms with Gasteiger partial charge in [0.05, 0.1) is 7.11 Å². The number of hydrogen-bond acceptors (Lipinski definition) is 5. The summed E-state index contributed by atoms with van der Waals surface area (Å²) in [5.41, 5.74) is 0. The molecule has 0 amide bonds. The molecular formula is C9H14O5S. The van der Waals surface area contributed by atoms with Gasteiger partial charge in [0.2, 0.25) is 0 Å². The quantitative estimate of drug-likeness (QED) is 0.692. The standard InChI is InChI=1S/C9H14O5S/c1-6(10)15-7(9(12)13)4-3-5-8(11)14-2/h7H,3-5H2,1-2H3,(H,12,13). The van der Waals surface area contributed by atoms with Gasteiger partial charge in [-0.1, -0.05) is 11.8 Å². The molecule has 0 saturated carbocycles. The topological polar surface area (TPSA) is 80.7 Å². The summed E-state index contributed by atoms with van der Waals surface area (Å²) in [6.07, 6.45) is 0.872. The van der Waals surface area contributed by atoms with Crippen molar-refractivity contribution in [3.05, 3.63) is 0 Å². The van der Waals surface area contributed by atoms with Gasteiger partial charge < -0.3 is 9.84 Å². The molecule has 0 heterocycles. The number of methoxy groups -OCH3 is 1. The number of carbonyl (C=O) groups excluding carboxylic acids is 2. The lowest BCUT2D eigenvalue weighted by Gasteiger charge is -2.08. The van der Waals surface area contributed by atoms with Crippen molar-refractivity contribution in [3.8, 4) is 0 Å². The maximum atomic E-state index is 10.7. The lowest BCUT2D eigenvalue weighted by molar-refractivity contribution is -0.141. The molecule has 86 valence electrons. The number of esters is 1. The third kappa shape index (κ3) is 6.96. The van der Waals surface area contributed by atoms with Gasteiger partial charge in [0.25, 0.3) is 0 Å². The molecule has 0 aliphatic carbocycles. The summed E-state index contributed by atoms with van der Waals surface area (Å²) in [4.78, 5) is 32.2. The zero-order valence-electron chi connectivity index (χ0n) is 8.69. The summed E-state index contributed by atoms with van der Waals surface area (Å²) in [5, 5.41) is 7.75. The molecule has 15 heavy (non-hydrogen) atoms. The Balaban J connectivity index is 3.91. The normalized spacial score (nSPS) is 11.9. The Hall–Kier alpha value is -1.04. The fourth-order valence-electron chi connectivity index (χ4n) is 0.967. The highest BCUT2D eigenvalue weighted by molar-refractivity contribution is 8.14. The maximum absolute atomic E-state index is 10.7. The van der Waals surface area contributed by atoms with Crippen molar-refractivity contribution in [2.75, 3.05) is 7.11 Å². The first-order valence-corrected chi connectivity index (χ1v) is 5.32. The van der Waals surface area contributed by atoms with Crippen LogP contribution in [0.15, 0.2) is 0 Å². The first-order valence-electron chi connectivity index (χ1n) is 4.44.